The van der Waals surface area contributed by atoms with Crippen LogP contribution in [0.25, 0.3) is 0 Å². The molecule has 1 spiro atoms. The third-order valence-electron chi connectivity index (χ3n) is 6.08. The van der Waals surface area contributed by atoms with Crippen LogP contribution < -0.4 is 0 Å². The van der Waals surface area contributed by atoms with Gasteiger partial charge >= 0.3 is 0 Å². The fourth-order valence-corrected chi connectivity index (χ4v) is 4.84. The number of piperidine rings is 1. The summed E-state index contributed by atoms with van der Waals surface area (Å²) in [6, 6.07) is 4.07. The first-order valence-electron chi connectivity index (χ1n) is 9.28. The zero-order valence-electron chi connectivity index (χ0n) is 15.8. The highest BCUT2D eigenvalue weighted by Gasteiger charge is 2.47. The van der Waals surface area contributed by atoms with Crippen LogP contribution in [0.15, 0.2) is 12.1 Å². The number of benzene rings is 1. The second-order valence-electron chi connectivity index (χ2n) is 8.07. The van der Waals surface area contributed by atoms with Crippen LogP contribution in [0.4, 0.5) is 0 Å². The van der Waals surface area contributed by atoms with Crippen LogP contribution in [-0.2, 0) is 14.4 Å². The van der Waals surface area contributed by atoms with E-state index < -0.39 is 12.5 Å². The van der Waals surface area contributed by atoms with Crippen LogP contribution in [0.1, 0.15) is 53.9 Å². The molecule has 5 nitrogen and oxygen atoms in total. The lowest BCUT2D eigenvalue weighted by atomic mass is 9.62. The number of carbonyl (C=O) groups is 3. The molecule has 1 saturated carbocycles. The molecule has 1 aliphatic carbocycles. The minimum absolute atomic E-state index is 0.0123. The van der Waals surface area contributed by atoms with Crippen molar-refractivity contribution in [1.82, 2.24) is 4.90 Å². The van der Waals surface area contributed by atoms with Gasteiger partial charge in [-0.2, -0.15) is 0 Å². The summed E-state index contributed by atoms with van der Waals surface area (Å²) in [6.45, 7) is 6.49. The summed E-state index contributed by atoms with van der Waals surface area (Å²) in [5, 5.41) is 9.01. The highest BCUT2D eigenvalue weighted by atomic mass is 16.3. The number of likely N-dealkylation sites (tertiary alicyclic amines) is 1. The van der Waals surface area contributed by atoms with Gasteiger partial charge in [0.2, 0.25) is 5.91 Å². The third kappa shape index (κ3) is 3.32. The van der Waals surface area contributed by atoms with E-state index in [4.69, 9.17) is 5.11 Å². The highest BCUT2D eigenvalue weighted by molar-refractivity contribution is 6.10. The van der Waals surface area contributed by atoms with Gasteiger partial charge in [0.05, 0.1) is 0 Å². The monoisotopic (exact) mass is 357 g/mol. The van der Waals surface area contributed by atoms with Gasteiger partial charge in [-0.25, -0.2) is 0 Å². The second kappa shape index (κ2) is 6.95. The number of nitrogens with zero attached hydrogens (tertiary/aromatic N) is 1. The summed E-state index contributed by atoms with van der Waals surface area (Å²) < 4.78 is 0. The molecule has 5 heteroatoms. The van der Waals surface area contributed by atoms with E-state index in [-0.39, 0.29) is 22.9 Å². The molecule has 1 heterocycles. The van der Waals surface area contributed by atoms with E-state index >= 15 is 0 Å². The highest BCUT2D eigenvalue weighted by Crippen LogP contribution is 2.46. The maximum Gasteiger partial charge on any atom is 0.248 e. The van der Waals surface area contributed by atoms with Crippen LogP contribution in [0.3, 0.4) is 0 Å². The van der Waals surface area contributed by atoms with E-state index in [1.165, 1.54) is 0 Å². The van der Waals surface area contributed by atoms with Gasteiger partial charge in [-0.05, 0) is 55.7 Å². The summed E-state index contributed by atoms with van der Waals surface area (Å²) in [7, 11) is 0. The van der Waals surface area contributed by atoms with Crippen LogP contribution in [0.2, 0.25) is 0 Å². The molecule has 1 aromatic carbocycles. The van der Waals surface area contributed by atoms with Gasteiger partial charge in [-0.3, -0.25) is 14.4 Å². The van der Waals surface area contributed by atoms with Gasteiger partial charge < -0.3 is 10.0 Å². The van der Waals surface area contributed by atoms with E-state index in [0.717, 1.165) is 22.3 Å². The van der Waals surface area contributed by atoms with E-state index in [9.17, 15) is 14.4 Å². The number of rotatable bonds is 2. The molecular weight excluding hydrogens is 330 g/mol. The average molecular weight is 357 g/mol. The molecule has 0 radical (unpaired) electrons. The first kappa shape index (κ1) is 18.8. The Morgan fingerprint density at radius 3 is 2.04 bits per heavy atom. The standard InChI is InChI=1S/C21H27NO4/c1-13-8-14(2)19(15(3)9-13)20-16(24)10-21(11-17(20)25)4-6-22(7-5-21)18(26)12-23/h8-9,20,23H,4-7,10-12H2,1-3H3. The van der Waals surface area contributed by atoms with Crippen molar-refractivity contribution >= 4 is 17.5 Å². The Balaban J connectivity index is 1.80. The number of aliphatic hydroxyl groups excluding tert-OH is 1. The molecule has 140 valence electrons. The van der Waals surface area contributed by atoms with Gasteiger partial charge in [-0.1, -0.05) is 17.7 Å². The van der Waals surface area contributed by atoms with Crippen LogP contribution >= 0.6 is 0 Å². The van der Waals surface area contributed by atoms with Crippen molar-refractivity contribution in [3.05, 3.63) is 34.4 Å². The Hall–Kier alpha value is -2.01. The molecule has 0 unspecified atom stereocenters. The lowest BCUT2D eigenvalue weighted by Crippen LogP contribution is -2.49. The normalized spacial score (nSPS) is 20.7. The van der Waals surface area contributed by atoms with Crippen molar-refractivity contribution in [1.29, 1.82) is 0 Å². The van der Waals surface area contributed by atoms with Crippen molar-refractivity contribution in [2.75, 3.05) is 19.7 Å². The first-order valence-corrected chi connectivity index (χ1v) is 9.28. The molecule has 26 heavy (non-hydrogen) atoms. The predicted molar refractivity (Wildman–Crippen MR) is 98.0 cm³/mol. The van der Waals surface area contributed by atoms with Crippen LogP contribution in [0, 0.1) is 26.2 Å². The zero-order chi connectivity index (χ0) is 19.1. The van der Waals surface area contributed by atoms with Crippen LogP contribution in [0.5, 0.6) is 0 Å². The molecule has 1 N–H and O–H groups in total. The molecular formula is C21H27NO4. The van der Waals surface area contributed by atoms with Crippen molar-refractivity contribution in [2.24, 2.45) is 5.41 Å². The summed E-state index contributed by atoms with van der Waals surface area (Å²) in [5.74, 6) is -0.896. The molecule has 2 fully saturated rings. The SMILES string of the molecule is Cc1cc(C)c(C2C(=O)CC3(CCN(C(=O)CO)CC3)CC2=O)c(C)c1. The van der Waals surface area contributed by atoms with Gasteiger partial charge in [0.25, 0.3) is 0 Å². The Morgan fingerprint density at radius 2 is 1.58 bits per heavy atom. The Labute approximate surface area is 154 Å². The molecule has 0 atom stereocenters. The number of hydrogen-bond acceptors (Lipinski definition) is 4. The summed E-state index contributed by atoms with van der Waals surface area (Å²) in [4.78, 5) is 39.3. The molecule has 1 aliphatic heterocycles. The molecule has 3 rings (SSSR count). The molecule has 0 bridgehead atoms. The number of aryl methyl sites for hydroxylation is 3. The molecule has 1 saturated heterocycles. The Kier molecular flexibility index (Phi) is 5.02. The van der Waals surface area contributed by atoms with E-state index in [1.807, 2.05) is 32.9 Å². The lowest BCUT2D eigenvalue weighted by Gasteiger charge is -2.44. The fourth-order valence-electron chi connectivity index (χ4n) is 4.84. The zero-order valence-corrected chi connectivity index (χ0v) is 15.8. The molecule has 1 amide bonds. The number of aliphatic hydroxyl groups is 1. The van der Waals surface area contributed by atoms with Crippen molar-refractivity contribution in [3.8, 4) is 0 Å². The Bertz CT molecular complexity index is 716. The smallest absolute Gasteiger partial charge is 0.248 e. The van der Waals surface area contributed by atoms with Gasteiger partial charge in [0, 0.05) is 25.9 Å². The third-order valence-corrected chi connectivity index (χ3v) is 6.08. The number of ketones is 2. The first-order chi connectivity index (χ1) is 12.3. The van der Waals surface area contributed by atoms with Crippen molar-refractivity contribution < 1.29 is 19.5 Å². The van der Waals surface area contributed by atoms with E-state index in [0.29, 0.717) is 38.8 Å². The largest absolute Gasteiger partial charge is 0.387 e. The minimum Gasteiger partial charge on any atom is -0.387 e. The average Bonchev–Trinajstić information content (AvgIpc) is 2.56. The summed E-state index contributed by atoms with van der Waals surface area (Å²) in [5.41, 5.74) is 3.72. The minimum atomic E-state index is -0.640. The second-order valence-corrected chi connectivity index (χ2v) is 8.07. The van der Waals surface area contributed by atoms with Gasteiger partial charge in [0.15, 0.2) is 0 Å². The summed E-state index contributed by atoms with van der Waals surface area (Å²) in [6.07, 6.45) is 2.10. The number of carbonyl (C=O) groups excluding carboxylic acids is 3. The van der Waals surface area contributed by atoms with Gasteiger partial charge in [-0.15, -0.1) is 0 Å². The summed E-state index contributed by atoms with van der Waals surface area (Å²) >= 11 is 0. The number of Topliss-reactive ketones (excluding diaryl/α,β-unsaturated/α-hetero) is 2. The maximum absolute atomic E-state index is 13.0. The lowest BCUT2D eigenvalue weighted by molar-refractivity contribution is -0.141. The number of hydrogen-bond donors (Lipinski definition) is 1. The number of amides is 1. The topological polar surface area (TPSA) is 74.7 Å². The molecule has 2 aliphatic rings. The van der Waals surface area contributed by atoms with E-state index in [2.05, 4.69) is 0 Å². The molecule has 1 aromatic rings. The van der Waals surface area contributed by atoms with Crippen LogP contribution in [-0.4, -0.2) is 47.2 Å². The quantitative estimate of drug-likeness (QED) is 0.824. The van der Waals surface area contributed by atoms with Crippen molar-refractivity contribution in [2.45, 2.75) is 52.4 Å². The Morgan fingerprint density at radius 1 is 1.08 bits per heavy atom. The maximum atomic E-state index is 13.0. The predicted octanol–water partition coefficient (Wildman–Crippen LogP) is 2.23. The molecule has 0 aromatic heterocycles. The van der Waals surface area contributed by atoms with E-state index in [1.54, 1.807) is 4.90 Å². The van der Waals surface area contributed by atoms with Gasteiger partial charge in [0.1, 0.15) is 24.1 Å². The van der Waals surface area contributed by atoms with Crippen molar-refractivity contribution in [3.63, 3.8) is 0 Å². The fraction of sp³-hybridized carbons (Fsp3) is 0.571.